The summed E-state index contributed by atoms with van der Waals surface area (Å²) >= 11 is 6.08. The average Bonchev–Trinajstić information content (AvgIpc) is 2.82. The molecule has 0 saturated heterocycles. The topological polar surface area (TPSA) is 67.4 Å². The molecular weight excluding hydrogens is 340 g/mol. The van der Waals surface area contributed by atoms with Gasteiger partial charge in [0.25, 0.3) is 0 Å². The van der Waals surface area contributed by atoms with Gasteiger partial charge in [-0.1, -0.05) is 36.6 Å². The molecule has 1 fully saturated rings. The second kappa shape index (κ2) is 7.91. The maximum atomic E-state index is 12.9. The smallest absolute Gasteiger partial charge is 0.338 e. The van der Waals surface area contributed by atoms with Crippen LogP contribution in [0.1, 0.15) is 57.1 Å². The molecule has 6 heteroatoms. The van der Waals surface area contributed by atoms with Gasteiger partial charge < -0.3 is 15.4 Å². The van der Waals surface area contributed by atoms with E-state index in [2.05, 4.69) is 10.6 Å². The van der Waals surface area contributed by atoms with Gasteiger partial charge in [-0.2, -0.15) is 0 Å². The number of halogens is 1. The van der Waals surface area contributed by atoms with Crippen molar-refractivity contribution in [2.75, 3.05) is 0 Å². The van der Waals surface area contributed by atoms with Gasteiger partial charge in [0.1, 0.15) is 6.10 Å². The number of allylic oxidation sites excluding steroid dienone is 1. The second-order valence-corrected chi connectivity index (χ2v) is 7.08. The summed E-state index contributed by atoms with van der Waals surface area (Å²) in [5, 5.41) is 6.03. The van der Waals surface area contributed by atoms with E-state index in [1.165, 1.54) is 12.8 Å². The molecule has 2 amide bonds. The van der Waals surface area contributed by atoms with Gasteiger partial charge in [0.2, 0.25) is 0 Å². The minimum Gasteiger partial charge on any atom is -0.459 e. The van der Waals surface area contributed by atoms with Gasteiger partial charge >= 0.3 is 12.0 Å². The van der Waals surface area contributed by atoms with Crippen LogP contribution in [0, 0.1) is 0 Å². The first-order chi connectivity index (χ1) is 12.0. The van der Waals surface area contributed by atoms with E-state index < -0.39 is 6.04 Å². The average molecular weight is 363 g/mol. The molecule has 3 rings (SSSR count). The first-order valence-electron chi connectivity index (χ1n) is 8.79. The molecule has 2 N–H and O–H groups in total. The minimum absolute atomic E-state index is 0.0482. The number of carbonyl (C=O) groups is 2. The maximum Gasteiger partial charge on any atom is 0.338 e. The number of esters is 1. The van der Waals surface area contributed by atoms with Crippen LogP contribution in [0.4, 0.5) is 4.79 Å². The van der Waals surface area contributed by atoms with Crippen LogP contribution in [-0.2, 0) is 9.53 Å². The quantitative estimate of drug-likeness (QED) is 0.624. The van der Waals surface area contributed by atoms with E-state index in [0.29, 0.717) is 16.3 Å². The maximum absolute atomic E-state index is 12.9. The Balaban J connectivity index is 1.85. The van der Waals surface area contributed by atoms with Gasteiger partial charge in [0, 0.05) is 10.7 Å². The van der Waals surface area contributed by atoms with Gasteiger partial charge in [0.05, 0.1) is 11.6 Å². The zero-order valence-corrected chi connectivity index (χ0v) is 15.1. The molecule has 0 spiro atoms. The van der Waals surface area contributed by atoms with Crippen LogP contribution in [0.25, 0.3) is 0 Å². The highest BCUT2D eigenvalue weighted by Crippen LogP contribution is 2.30. The van der Waals surface area contributed by atoms with Crippen LogP contribution in [0.3, 0.4) is 0 Å². The Labute approximate surface area is 152 Å². The molecule has 1 aliphatic heterocycles. The highest BCUT2D eigenvalue weighted by atomic mass is 35.5. The third-order valence-electron chi connectivity index (χ3n) is 4.75. The lowest BCUT2D eigenvalue weighted by atomic mass is 9.95. The summed E-state index contributed by atoms with van der Waals surface area (Å²) in [4.78, 5) is 24.8. The Morgan fingerprint density at radius 3 is 2.60 bits per heavy atom. The highest BCUT2D eigenvalue weighted by molar-refractivity contribution is 6.30. The van der Waals surface area contributed by atoms with E-state index in [4.69, 9.17) is 16.3 Å². The summed E-state index contributed by atoms with van der Waals surface area (Å²) in [5.74, 6) is -0.373. The third kappa shape index (κ3) is 4.34. The van der Waals surface area contributed by atoms with Gasteiger partial charge in [-0.05, 0) is 50.3 Å². The first-order valence-corrected chi connectivity index (χ1v) is 9.17. The van der Waals surface area contributed by atoms with Crippen molar-refractivity contribution in [2.45, 2.75) is 57.6 Å². The summed E-state index contributed by atoms with van der Waals surface area (Å²) in [5.41, 5.74) is 1.72. The Hall–Kier alpha value is -2.01. The highest BCUT2D eigenvalue weighted by Gasteiger charge is 2.33. The van der Waals surface area contributed by atoms with E-state index in [9.17, 15) is 9.59 Å². The largest absolute Gasteiger partial charge is 0.459 e. The van der Waals surface area contributed by atoms with Crippen molar-refractivity contribution in [2.24, 2.45) is 0 Å². The fraction of sp³-hybridized carbons (Fsp3) is 0.474. The Kier molecular flexibility index (Phi) is 5.63. The molecule has 1 atom stereocenters. The molecule has 2 aliphatic rings. The summed E-state index contributed by atoms with van der Waals surface area (Å²) in [6, 6.07) is 6.25. The first kappa shape index (κ1) is 17.8. The molecule has 5 nitrogen and oxygen atoms in total. The molecule has 0 bridgehead atoms. The van der Waals surface area contributed by atoms with Gasteiger partial charge in [0.15, 0.2) is 0 Å². The van der Waals surface area contributed by atoms with E-state index in [1.807, 2.05) is 6.07 Å². The van der Waals surface area contributed by atoms with Gasteiger partial charge in [-0.25, -0.2) is 9.59 Å². The molecule has 0 aromatic heterocycles. The van der Waals surface area contributed by atoms with Crippen molar-refractivity contribution >= 4 is 23.6 Å². The van der Waals surface area contributed by atoms with Crippen molar-refractivity contribution in [1.82, 2.24) is 10.6 Å². The van der Waals surface area contributed by atoms with Crippen LogP contribution < -0.4 is 10.6 Å². The summed E-state index contributed by atoms with van der Waals surface area (Å²) in [7, 11) is 0. The molecule has 1 saturated carbocycles. The number of urea groups is 1. The van der Waals surface area contributed by atoms with Crippen molar-refractivity contribution in [3.8, 4) is 0 Å². The lowest BCUT2D eigenvalue weighted by Gasteiger charge is -2.29. The van der Waals surface area contributed by atoms with Crippen molar-refractivity contribution in [3.63, 3.8) is 0 Å². The number of hydrogen-bond acceptors (Lipinski definition) is 3. The zero-order chi connectivity index (χ0) is 17.8. The number of amides is 2. The molecule has 1 aromatic carbocycles. The van der Waals surface area contributed by atoms with Crippen LogP contribution in [0.2, 0.25) is 5.02 Å². The number of ether oxygens (including phenoxy) is 1. The molecule has 0 radical (unpaired) electrons. The molecular formula is C19H23ClN2O3. The van der Waals surface area contributed by atoms with Gasteiger partial charge in [-0.3, -0.25) is 0 Å². The predicted octanol–water partition coefficient (Wildman–Crippen LogP) is 4.23. The standard InChI is InChI=1S/C19H23ClN2O3/c1-12-16(18(23)25-15-9-4-2-3-5-10-15)17(22-19(24)21-12)13-7-6-8-14(20)11-13/h6-8,11,15,17H,2-5,9-10H2,1H3,(H2,21,22,24)/t17-/m1/s1. The number of nitrogens with one attached hydrogen (secondary N) is 2. The number of carbonyl (C=O) groups excluding carboxylic acids is 2. The Bertz CT molecular complexity index is 694. The second-order valence-electron chi connectivity index (χ2n) is 6.64. The van der Waals surface area contributed by atoms with Crippen molar-refractivity contribution in [1.29, 1.82) is 0 Å². The van der Waals surface area contributed by atoms with Crippen molar-refractivity contribution in [3.05, 3.63) is 46.1 Å². The number of hydrogen-bond donors (Lipinski definition) is 2. The minimum atomic E-state index is -0.564. The van der Waals surface area contributed by atoms with Crippen LogP contribution in [0.15, 0.2) is 35.5 Å². The number of benzene rings is 1. The monoisotopic (exact) mass is 362 g/mol. The lowest BCUT2D eigenvalue weighted by molar-refractivity contribution is -0.145. The van der Waals surface area contributed by atoms with Crippen LogP contribution in [0.5, 0.6) is 0 Å². The van der Waals surface area contributed by atoms with E-state index in [-0.39, 0.29) is 18.1 Å². The Morgan fingerprint density at radius 1 is 1.20 bits per heavy atom. The molecule has 0 unspecified atom stereocenters. The third-order valence-corrected chi connectivity index (χ3v) is 4.98. The summed E-state index contributed by atoms with van der Waals surface area (Å²) in [6.07, 6.45) is 6.31. The molecule has 1 aromatic rings. The summed E-state index contributed by atoms with van der Waals surface area (Å²) in [6.45, 7) is 1.72. The van der Waals surface area contributed by atoms with Crippen molar-refractivity contribution < 1.29 is 14.3 Å². The molecule has 1 aliphatic carbocycles. The zero-order valence-electron chi connectivity index (χ0n) is 14.3. The number of rotatable bonds is 3. The fourth-order valence-electron chi connectivity index (χ4n) is 3.48. The molecule has 25 heavy (non-hydrogen) atoms. The molecule has 1 heterocycles. The normalized spacial score (nSPS) is 22.0. The van der Waals surface area contributed by atoms with Crippen LogP contribution in [-0.4, -0.2) is 18.1 Å². The Morgan fingerprint density at radius 2 is 1.92 bits per heavy atom. The fourth-order valence-corrected chi connectivity index (χ4v) is 3.67. The SMILES string of the molecule is CC1=C(C(=O)OC2CCCCCC2)[C@@H](c2cccc(Cl)c2)NC(=O)N1. The van der Waals surface area contributed by atoms with Crippen LogP contribution >= 0.6 is 11.6 Å². The van der Waals surface area contributed by atoms with E-state index >= 15 is 0 Å². The summed E-state index contributed by atoms with van der Waals surface area (Å²) < 4.78 is 5.78. The molecule has 134 valence electrons. The van der Waals surface area contributed by atoms with E-state index in [1.54, 1.807) is 25.1 Å². The van der Waals surface area contributed by atoms with E-state index in [0.717, 1.165) is 31.2 Å². The predicted molar refractivity (Wildman–Crippen MR) is 96.1 cm³/mol. The lowest BCUT2D eigenvalue weighted by Crippen LogP contribution is -2.45. The van der Waals surface area contributed by atoms with Gasteiger partial charge in [-0.15, -0.1) is 0 Å².